The van der Waals surface area contributed by atoms with Crippen molar-refractivity contribution in [3.05, 3.63) is 47.3 Å². The highest BCUT2D eigenvalue weighted by Gasteiger charge is 2.36. The number of hydrogen-bond acceptors (Lipinski definition) is 6. The van der Waals surface area contributed by atoms with Crippen LogP contribution in [-0.4, -0.2) is 30.1 Å². The molecule has 2 aromatic carbocycles. The van der Waals surface area contributed by atoms with Crippen LogP contribution in [0.3, 0.4) is 0 Å². The van der Waals surface area contributed by atoms with Crippen molar-refractivity contribution >= 4 is 39.8 Å². The van der Waals surface area contributed by atoms with E-state index in [0.29, 0.717) is 29.1 Å². The van der Waals surface area contributed by atoms with Gasteiger partial charge >= 0.3 is 12.2 Å². The standard InChI is InChI=1S/C23H21F3N4O4S/c1-2-3-8-33-18-7-5-14(10-15(18)23(24,25)26)30(21(27)32)22-29-17(12-35-22)13-4-6-19-16(9-13)28-20(31)11-34-19/h4-7,9-10,12H,2-3,8,11H2,1H3,(H2,27,32)(H,28,31). The predicted octanol–water partition coefficient (Wildman–Crippen LogP) is 5.56. The predicted molar refractivity (Wildman–Crippen MR) is 125 cm³/mol. The maximum atomic E-state index is 13.7. The topological polar surface area (TPSA) is 107 Å². The molecule has 3 N–H and O–H groups in total. The molecule has 0 saturated carbocycles. The molecule has 0 radical (unpaired) electrons. The molecule has 1 aliphatic rings. The molecule has 35 heavy (non-hydrogen) atoms. The van der Waals surface area contributed by atoms with E-state index in [9.17, 15) is 22.8 Å². The minimum atomic E-state index is -4.70. The molecule has 0 fully saturated rings. The van der Waals surface area contributed by atoms with Crippen LogP contribution in [0, 0.1) is 0 Å². The molecule has 4 rings (SSSR count). The number of benzene rings is 2. The molecule has 8 nitrogen and oxygen atoms in total. The quantitative estimate of drug-likeness (QED) is 0.409. The van der Waals surface area contributed by atoms with E-state index in [1.165, 1.54) is 12.1 Å². The van der Waals surface area contributed by atoms with Gasteiger partial charge in [-0.2, -0.15) is 13.2 Å². The number of alkyl halides is 3. The second-order valence-corrected chi connectivity index (χ2v) is 8.45. The Hall–Kier alpha value is -3.80. The molecule has 184 valence electrons. The Morgan fingerprint density at radius 1 is 1.29 bits per heavy atom. The summed E-state index contributed by atoms with van der Waals surface area (Å²) in [6, 6.07) is 7.36. The van der Waals surface area contributed by atoms with Crippen LogP contribution in [0.1, 0.15) is 25.3 Å². The molecule has 3 aromatic rings. The van der Waals surface area contributed by atoms with Gasteiger partial charge in [-0.25, -0.2) is 14.7 Å². The summed E-state index contributed by atoms with van der Waals surface area (Å²) >= 11 is 1.03. The zero-order valence-electron chi connectivity index (χ0n) is 18.5. The fourth-order valence-electron chi connectivity index (χ4n) is 3.40. The number of nitrogens with one attached hydrogen (secondary N) is 1. The van der Waals surface area contributed by atoms with Gasteiger partial charge in [-0.05, 0) is 42.8 Å². The number of rotatable bonds is 7. The van der Waals surface area contributed by atoms with Crippen molar-refractivity contribution in [1.82, 2.24) is 4.98 Å². The molecule has 1 aliphatic heterocycles. The van der Waals surface area contributed by atoms with Gasteiger partial charge in [0.05, 0.1) is 29.2 Å². The van der Waals surface area contributed by atoms with Gasteiger partial charge in [-0.1, -0.05) is 13.3 Å². The van der Waals surface area contributed by atoms with Crippen LogP contribution < -0.4 is 25.4 Å². The van der Waals surface area contributed by atoms with Crippen LogP contribution >= 0.6 is 11.3 Å². The van der Waals surface area contributed by atoms with Crippen molar-refractivity contribution in [3.63, 3.8) is 0 Å². The van der Waals surface area contributed by atoms with Gasteiger partial charge in [0.15, 0.2) is 11.7 Å². The van der Waals surface area contributed by atoms with Crippen LogP contribution in [0.25, 0.3) is 11.3 Å². The highest BCUT2D eigenvalue weighted by molar-refractivity contribution is 7.14. The number of nitrogens with two attached hydrogens (primary N) is 1. The number of halogens is 3. The molecule has 0 aliphatic carbocycles. The fourth-order valence-corrected chi connectivity index (χ4v) is 4.26. The van der Waals surface area contributed by atoms with Crippen LogP contribution in [0.4, 0.5) is 34.5 Å². The number of carbonyl (C=O) groups excluding carboxylic acids is 2. The number of amides is 3. The SMILES string of the molecule is CCCCOc1ccc(N(C(N)=O)c2nc(-c3ccc4c(c3)NC(=O)CO4)cs2)cc1C(F)(F)F. The summed E-state index contributed by atoms with van der Waals surface area (Å²) in [4.78, 5) is 29.2. The Labute approximate surface area is 202 Å². The fraction of sp³-hybridized carbons (Fsp3) is 0.261. The summed E-state index contributed by atoms with van der Waals surface area (Å²) in [6.07, 6.45) is -3.33. The monoisotopic (exact) mass is 506 g/mol. The third-order valence-corrected chi connectivity index (χ3v) is 5.92. The van der Waals surface area contributed by atoms with Crippen molar-refractivity contribution in [2.24, 2.45) is 5.73 Å². The lowest BCUT2D eigenvalue weighted by atomic mass is 10.1. The first kappa shape index (κ1) is 24.3. The van der Waals surface area contributed by atoms with Crippen LogP contribution in [0.5, 0.6) is 11.5 Å². The van der Waals surface area contributed by atoms with Gasteiger partial charge in [0.2, 0.25) is 0 Å². The summed E-state index contributed by atoms with van der Waals surface area (Å²) in [5.74, 6) is -0.114. The Kier molecular flexibility index (Phi) is 6.83. The minimum absolute atomic E-state index is 0.0802. The van der Waals surface area contributed by atoms with Crippen molar-refractivity contribution in [2.75, 3.05) is 23.4 Å². The molecular formula is C23H21F3N4O4S. The van der Waals surface area contributed by atoms with Gasteiger partial charge in [-0.3, -0.25) is 4.79 Å². The molecule has 0 saturated heterocycles. The molecular weight excluding hydrogens is 485 g/mol. The minimum Gasteiger partial charge on any atom is -0.493 e. The van der Waals surface area contributed by atoms with Crippen LogP contribution in [0.15, 0.2) is 41.8 Å². The molecule has 1 aromatic heterocycles. The summed E-state index contributed by atoms with van der Waals surface area (Å²) in [5.41, 5.74) is 5.93. The summed E-state index contributed by atoms with van der Waals surface area (Å²) in [7, 11) is 0. The number of unbranched alkanes of at least 4 members (excludes halogenated alkanes) is 1. The average Bonchev–Trinajstić information content (AvgIpc) is 3.28. The highest BCUT2D eigenvalue weighted by atomic mass is 32.1. The lowest BCUT2D eigenvalue weighted by Crippen LogP contribution is -2.31. The zero-order chi connectivity index (χ0) is 25.2. The number of urea groups is 1. The van der Waals surface area contributed by atoms with Gasteiger partial charge in [0.1, 0.15) is 11.5 Å². The van der Waals surface area contributed by atoms with Crippen molar-refractivity contribution < 1.29 is 32.2 Å². The molecule has 12 heteroatoms. The molecule has 0 atom stereocenters. The number of nitrogens with zero attached hydrogens (tertiary/aromatic N) is 2. The van der Waals surface area contributed by atoms with Crippen molar-refractivity contribution in [2.45, 2.75) is 25.9 Å². The Morgan fingerprint density at radius 3 is 2.80 bits per heavy atom. The van der Waals surface area contributed by atoms with Gasteiger partial charge in [-0.15, -0.1) is 11.3 Å². The van der Waals surface area contributed by atoms with Gasteiger partial charge in [0.25, 0.3) is 5.91 Å². The number of thiazole rings is 1. The smallest absolute Gasteiger partial charge is 0.420 e. The van der Waals surface area contributed by atoms with E-state index in [4.69, 9.17) is 15.2 Å². The highest BCUT2D eigenvalue weighted by Crippen LogP contribution is 2.41. The third kappa shape index (κ3) is 5.32. The Balaban J connectivity index is 1.67. The summed E-state index contributed by atoms with van der Waals surface area (Å²) in [6.45, 7) is 1.96. The molecule has 0 unspecified atom stereocenters. The van der Waals surface area contributed by atoms with E-state index in [1.54, 1.807) is 23.6 Å². The number of aromatic nitrogens is 1. The number of carbonyl (C=O) groups is 2. The largest absolute Gasteiger partial charge is 0.493 e. The Morgan fingerprint density at radius 2 is 2.09 bits per heavy atom. The zero-order valence-corrected chi connectivity index (χ0v) is 19.3. The van der Waals surface area contributed by atoms with Crippen LogP contribution in [-0.2, 0) is 11.0 Å². The molecule has 0 bridgehead atoms. The van der Waals surface area contributed by atoms with Gasteiger partial charge < -0.3 is 20.5 Å². The lowest BCUT2D eigenvalue weighted by Gasteiger charge is -2.21. The number of hydrogen-bond donors (Lipinski definition) is 2. The van der Waals surface area contributed by atoms with E-state index < -0.39 is 17.8 Å². The van der Waals surface area contributed by atoms with E-state index in [0.717, 1.165) is 28.7 Å². The first-order valence-corrected chi connectivity index (χ1v) is 11.5. The van der Waals surface area contributed by atoms with Crippen molar-refractivity contribution in [1.29, 1.82) is 0 Å². The second-order valence-electron chi connectivity index (χ2n) is 7.62. The van der Waals surface area contributed by atoms with E-state index in [-0.39, 0.29) is 35.7 Å². The lowest BCUT2D eigenvalue weighted by molar-refractivity contribution is -0.138. The van der Waals surface area contributed by atoms with E-state index >= 15 is 0 Å². The van der Waals surface area contributed by atoms with Crippen molar-refractivity contribution in [3.8, 4) is 22.8 Å². The molecule has 0 spiro atoms. The first-order valence-electron chi connectivity index (χ1n) is 10.6. The van der Waals surface area contributed by atoms with Gasteiger partial charge in [0, 0.05) is 10.9 Å². The van der Waals surface area contributed by atoms with E-state index in [1.807, 2.05) is 6.92 Å². The Bertz CT molecular complexity index is 1260. The average molecular weight is 507 g/mol. The maximum Gasteiger partial charge on any atom is 0.420 e. The second kappa shape index (κ2) is 9.82. The number of primary amides is 1. The normalized spacial score (nSPS) is 13.0. The third-order valence-electron chi connectivity index (χ3n) is 5.09. The summed E-state index contributed by atoms with van der Waals surface area (Å²) < 4.78 is 51.8. The van der Waals surface area contributed by atoms with Crippen LogP contribution in [0.2, 0.25) is 0 Å². The number of anilines is 3. The maximum absolute atomic E-state index is 13.7. The first-order chi connectivity index (χ1) is 16.7. The number of fused-ring (bicyclic) bond motifs is 1. The molecule has 2 heterocycles. The number of ether oxygens (including phenoxy) is 2. The summed E-state index contributed by atoms with van der Waals surface area (Å²) in [5, 5.41) is 4.41. The van der Waals surface area contributed by atoms with E-state index in [2.05, 4.69) is 10.3 Å². The molecule has 3 amide bonds.